The standard InChI is InChI=1S/C16H19BrN2O/c1-2-3-8-19-9-6-12(7-10-19)16-18-14-11-13(17)4-5-15(14)20-16/h4-6,11H,2-3,7-10H2,1H3. The van der Waals surface area contributed by atoms with Crippen LogP contribution in [-0.2, 0) is 0 Å². The highest BCUT2D eigenvalue weighted by atomic mass is 79.9. The van der Waals surface area contributed by atoms with Gasteiger partial charge in [-0.3, -0.25) is 4.90 Å². The fourth-order valence-electron chi connectivity index (χ4n) is 2.53. The van der Waals surface area contributed by atoms with Crippen molar-refractivity contribution in [1.29, 1.82) is 0 Å². The summed E-state index contributed by atoms with van der Waals surface area (Å²) < 4.78 is 6.90. The molecule has 0 saturated carbocycles. The highest BCUT2D eigenvalue weighted by Crippen LogP contribution is 2.27. The molecule has 0 fully saturated rings. The number of fused-ring (bicyclic) bond motifs is 1. The SMILES string of the molecule is CCCCN1CC=C(c2nc3cc(Br)ccc3o2)CC1. The van der Waals surface area contributed by atoms with Gasteiger partial charge < -0.3 is 4.42 Å². The number of oxazole rings is 1. The zero-order chi connectivity index (χ0) is 13.9. The quantitative estimate of drug-likeness (QED) is 0.825. The molecule has 1 aromatic carbocycles. The van der Waals surface area contributed by atoms with E-state index in [1.165, 1.54) is 25.0 Å². The molecule has 1 aliphatic heterocycles. The normalized spacial score (nSPS) is 16.6. The van der Waals surface area contributed by atoms with E-state index in [2.05, 4.69) is 38.8 Å². The first-order valence-corrected chi connectivity index (χ1v) is 8.03. The van der Waals surface area contributed by atoms with Crippen LogP contribution in [0.4, 0.5) is 0 Å². The Morgan fingerprint density at radius 3 is 3.05 bits per heavy atom. The monoisotopic (exact) mass is 334 g/mol. The first-order valence-electron chi connectivity index (χ1n) is 7.24. The van der Waals surface area contributed by atoms with Crippen LogP contribution >= 0.6 is 15.9 Å². The van der Waals surface area contributed by atoms with Crippen molar-refractivity contribution in [2.75, 3.05) is 19.6 Å². The smallest absolute Gasteiger partial charge is 0.222 e. The maximum absolute atomic E-state index is 5.86. The zero-order valence-corrected chi connectivity index (χ0v) is 13.3. The molecule has 0 spiro atoms. The Kier molecular flexibility index (Phi) is 4.22. The molecular formula is C16H19BrN2O. The molecule has 2 aromatic rings. The van der Waals surface area contributed by atoms with Crippen molar-refractivity contribution in [2.45, 2.75) is 26.2 Å². The topological polar surface area (TPSA) is 29.3 Å². The summed E-state index contributed by atoms with van der Waals surface area (Å²) >= 11 is 3.47. The number of nitrogens with zero attached hydrogens (tertiary/aromatic N) is 2. The summed E-state index contributed by atoms with van der Waals surface area (Å²) in [6.45, 7) is 5.55. The van der Waals surface area contributed by atoms with Crippen molar-refractivity contribution in [3.05, 3.63) is 34.6 Å². The lowest BCUT2D eigenvalue weighted by Gasteiger charge is -2.24. The maximum Gasteiger partial charge on any atom is 0.222 e. The maximum atomic E-state index is 5.86. The number of hydrogen-bond donors (Lipinski definition) is 0. The summed E-state index contributed by atoms with van der Waals surface area (Å²) in [7, 11) is 0. The van der Waals surface area contributed by atoms with Crippen LogP contribution in [-0.4, -0.2) is 29.5 Å². The van der Waals surface area contributed by atoms with Crippen molar-refractivity contribution in [2.24, 2.45) is 0 Å². The number of benzene rings is 1. The predicted molar refractivity (Wildman–Crippen MR) is 85.7 cm³/mol. The van der Waals surface area contributed by atoms with Gasteiger partial charge in [-0.2, -0.15) is 0 Å². The van der Waals surface area contributed by atoms with Gasteiger partial charge >= 0.3 is 0 Å². The fraction of sp³-hybridized carbons (Fsp3) is 0.438. The van der Waals surface area contributed by atoms with Crippen molar-refractivity contribution >= 4 is 32.6 Å². The van der Waals surface area contributed by atoms with Gasteiger partial charge in [0.15, 0.2) is 5.58 Å². The van der Waals surface area contributed by atoms with Crippen molar-refractivity contribution in [1.82, 2.24) is 9.88 Å². The van der Waals surface area contributed by atoms with Gasteiger partial charge in [0.25, 0.3) is 0 Å². The molecule has 0 unspecified atom stereocenters. The van der Waals surface area contributed by atoms with E-state index in [1.807, 2.05) is 18.2 Å². The molecule has 3 rings (SSSR count). The molecule has 3 nitrogen and oxygen atoms in total. The lowest BCUT2D eigenvalue weighted by atomic mass is 10.1. The van der Waals surface area contributed by atoms with Gasteiger partial charge in [-0.1, -0.05) is 35.4 Å². The number of rotatable bonds is 4. The van der Waals surface area contributed by atoms with Gasteiger partial charge in [-0.15, -0.1) is 0 Å². The Bertz CT molecular complexity index is 632. The van der Waals surface area contributed by atoms with Crippen LogP contribution in [0.25, 0.3) is 16.7 Å². The first kappa shape index (κ1) is 13.8. The zero-order valence-electron chi connectivity index (χ0n) is 11.7. The van der Waals surface area contributed by atoms with Gasteiger partial charge in [0.05, 0.1) is 0 Å². The second-order valence-electron chi connectivity index (χ2n) is 5.26. The Labute approximate surface area is 127 Å². The molecule has 0 bridgehead atoms. The summed E-state index contributed by atoms with van der Waals surface area (Å²) in [5.41, 5.74) is 3.02. The Morgan fingerprint density at radius 2 is 2.30 bits per heavy atom. The van der Waals surface area contributed by atoms with Crippen molar-refractivity contribution < 1.29 is 4.42 Å². The molecule has 1 aliphatic rings. The van der Waals surface area contributed by atoms with Gasteiger partial charge in [-0.25, -0.2) is 4.98 Å². The summed E-state index contributed by atoms with van der Waals surface area (Å²) in [5.74, 6) is 0.785. The highest BCUT2D eigenvalue weighted by Gasteiger charge is 2.16. The van der Waals surface area contributed by atoms with E-state index in [0.717, 1.165) is 41.0 Å². The van der Waals surface area contributed by atoms with Crippen LogP contribution in [0.15, 0.2) is 33.2 Å². The summed E-state index contributed by atoms with van der Waals surface area (Å²) in [5, 5.41) is 0. The lowest BCUT2D eigenvalue weighted by Crippen LogP contribution is -2.29. The molecule has 0 aliphatic carbocycles. The van der Waals surface area contributed by atoms with Crippen LogP contribution in [0, 0.1) is 0 Å². The van der Waals surface area contributed by atoms with E-state index in [0.29, 0.717) is 0 Å². The second kappa shape index (κ2) is 6.10. The van der Waals surface area contributed by atoms with Crippen molar-refractivity contribution in [3.63, 3.8) is 0 Å². The average Bonchev–Trinajstić information content (AvgIpc) is 2.88. The molecule has 2 heterocycles. The van der Waals surface area contributed by atoms with Crippen LogP contribution < -0.4 is 0 Å². The molecule has 0 radical (unpaired) electrons. The first-order chi connectivity index (χ1) is 9.76. The summed E-state index contributed by atoms with van der Waals surface area (Å²) in [6.07, 6.45) is 5.82. The third-order valence-electron chi connectivity index (χ3n) is 3.75. The lowest BCUT2D eigenvalue weighted by molar-refractivity contribution is 0.295. The molecular weight excluding hydrogens is 316 g/mol. The third kappa shape index (κ3) is 2.96. The molecule has 4 heteroatoms. The van der Waals surface area contributed by atoms with Gasteiger partial charge in [-0.05, 0) is 37.6 Å². The van der Waals surface area contributed by atoms with E-state index in [9.17, 15) is 0 Å². The fourth-order valence-corrected chi connectivity index (χ4v) is 2.88. The van der Waals surface area contributed by atoms with Crippen LogP contribution in [0.5, 0.6) is 0 Å². The highest BCUT2D eigenvalue weighted by molar-refractivity contribution is 9.10. The third-order valence-corrected chi connectivity index (χ3v) is 4.24. The minimum atomic E-state index is 0.785. The average molecular weight is 335 g/mol. The molecule has 0 N–H and O–H groups in total. The molecule has 1 aromatic heterocycles. The number of unbranched alkanes of at least 4 members (excludes halogenated alkanes) is 1. The Morgan fingerprint density at radius 1 is 1.40 bits per heavy atom. The second-order valence-corrected chi connectivity index (χ2v) is 6.18. The van der Waals surface area contributed by atoms with Crippen molar-refractivity contribution in [3.8, 4) is 0 Å². The van der Waals surface area contributed by atoms with Gasteiger partial charge in [0.1, 0.15) is 5.52 Å². The van der Waals surface area contributed by atoms with Gasteiger partial charge in [0, 0.05) is 23.1 Å². The van der Waals surface area contributed by atoms with Gasteiger partial charge in [0.2, 0.25) is 5.89 Å². The molecule has 106 valence electrons. The molecule has 0 saturated heterocycles. The minimum Gasteiger partial charge on any atom is -0.436 e. The van der Waals surface area contributed by atoms with E-state index in [-0.39, 0.29) is 0 Å². The summed E-state index contributed by atoms with van der Waals surface area (Å²) in [4.78, 5) is 7.09. The number of halogens is 1. The molecule has 0 atom stereocenters. The molecule has 20 heavy (non-hydrogen) atoms. The van der Waals surface area contributed by atoms with Crippen LogP contribution in [0.1, 0.15) is 32.1 Å². The predicted octanol–water partition coefficient (Wildman–Crippen LogP) is 4.48. The Hall–Kier alpha value is -1.13. The van der Waals surface area contributed by atoms with E-state index < -0.39 is 0 Å². The van der Waals surface area contributed by atoms with Crippen LogP contribution in [0.2, 0.25) is 0 Å². The number of aromatic nitrogens is 1. The summed E-state index contributed by atoms with van der Waals surface area (Å²) in [6, 6.07) is 5.95. The van der Waals surface area contributed by atoms with Crippen LogP contribution in [0.3, 0.4) is 0 Å². The van der Waals surface area contributed by atoms with E-state index >= 15 is 0 Å². The number of hydrogen-bond acceptors (Lipinski definition) is 3. The van der Waals surface area contributed by atoms with E-state index in [4.69, 9.17) is 4.42 Å². The Balaban J connectivity index is 1.76. The largest absolute Gasteiger partial charge is 0.436 e. The molecule has 0 amide bonds. The minimum absolute atomic E-state index is 0.785. The van der Waals surface area contributed by atoms with E-state index in [1.54, 1.807) is 0 Å².